The van der Waals surface area contributed by atoms with E-state index >= 15 is 0 Å². The molecule has 0 atom stereocenters. The van der Waals surface area contributed by atoms with E-state index in [1.807, 2.05) is 0 Å². The maximum absolute atomic E-state index is 12.0. The lowest BCUT2D eigenvalue weighted by Gasteiger charge is -2.15. The Morgan fingerprint density at radius 1 is 1.63 bits per heavy atom. The van der Waals surface area contributed by atoms with Crippen molar-refractivity contribution in [3.05, 3.63) is 45.3 Å². The van der Waals surface area contributed by atoms with Gasteiger partial charge in [0, 0.05) is 13.1 Å². The van der Waals surface area contributed by atoms with Crippen LogP contribution in [0, 0.1) is 0 Å². The van der Waals surface area contributed by atoms with Gasteiger partial charge in [-0.05, 0) is 28.9 Å². The molecule has 0 spiro atoms. The lowest BCUT2D eigenvalue weighted by Crippen LogP contribution is -2.25. The molecule has 1 aliphatic rings. The van der Waals surface area contributed by atoms with Crippen LogP contribution in [-0.4, -0.2) is 29.4 Å². The van der Waals surface area contributed by atoms with Crippen molar-refractivity contribution in [1.82, 2.24) is 15.1 Å². The molecule has 2 rings (SSSR count). The van der Waals surface area contributed by atoms with Gasteiger partial charge in [0.15, 0.2) is 0 Å². The third-order valence-electron chi connectivity index (χ3n) is 2.95. The monoisotopic (exact) mass is 324 g/mol. The van der Waals surface area contributed by atoms with Crippen molar-refractivity contribution in [3.8, 4) is 0 Å². The van der Waals surface area contributed by atoms with Crippen LogP contribution in [0.15, 0.2) is 39.8 Å². The summed E-state index contributed by atoms with van der Waals surface area (Å²) in [6.45, 7) is 6.68. The number of hydrogen-bond acceptors (Lipinski definition) is 4. The maximum Gasteiger partial charge on any atom is 0.283 e. The zero-order valence-electron chi connectivity index (χ0n) is 10.7. The van der Waals surface area contributed by atoms with Crippen LogP contribution in [0.1, 0.15) is 6.42 Å². The van der Waals surface area contributed by atoms with Crippen molar-refractivity contribution in [2.24, 2.45) is 0 Å². The molecular formula is C13H17BrN4O. The van der Waals surface area contributed by atoms with Crippen LogP contribution in [-0.2, 0) is 6.54 Å². The summed E-state index contributed by atoms with van der Waals surface area (Å²) in [7, 11) is 0. The third-order valence-corrected chi connectivity index (χ3v) is 3.72. The Bertz CT molecular complexity index is 550. The minimum Gasteiger partial charge on any atom is -0.379 e. The molecule has 0 amide bonds. The van der Waals surface area contributed by atoms with Crippen molar-refractivity contribution in [3.63, 3.8) is 0 Å². The predicted octanol–water partition coefficient (Wildman–Crippen LogP) is 1.52. The molecule has 1 aromatic heterocycles. The van der Waals surface area contributed by atoms with Gasteiger partial charge in [0.05, 0.1) is 18.4 Å². The Balaban J connectivity index is 2.08. The third kappa shape index (κ3) is 3.54. The number of allylic oxidation sites excluding steroid dienone is 1. The second kappa shape index (κ2) is 6.68. The summed E-state index contributed by atoms with van der Waals surface area (Å²) < 4.78 is 1.88. The van der Waals surface area contributed by atoms with Crippen molar-refractivity contribution >= 4 is 21.6 Å². The second-order valence-electron chi connectivity index (χ2n) is 4.32. The highest BCUT2D eigenvalue weighted by atomic mass is 79.9. The zero-order valence-corrected chi connectivity index (χ0v) is 12.2. The molecular weight excluding hydrogens is 308 g/mol. The molecule has 0 unspecified atom stereocenters. The first-order valence-corrected chi connectivity index (χ1v) is 7.00. The molecule has 1 aromatic rings. The summed E-state index contributed by atoms with van der Waals surface area (Å²) in [5.41, 5.74) is 1.93. The summed E-state index contributed by atoms with van der Waals surface area (Å²) in [5, 5.41) is 10.6. The summed E-state index contributed by atoms with van der Waals surface area (Å²) >= 11 is 3.32. The number of hydrogen-bond donors (Lipinski definition) is 2. The SMILES string of the molecule is C=CCn1ncc(NCC2=CCNCC2)c(Br)c1=O. The molecule has 0 fully saturated rings. The van der Waals surface area contributed by atoms with Crippen LogP contribution >= 0.6 is 15.9 Å². The van der Waals surface area contributed by atoms with Gasteiger partial charge in [-0.15, -0.1) is 6.58 Å². The highest BCUT2D eigenvalue weighted by Gasteiger charge is 2.09. The molecule has 0 saturated carbocycles. The summed E-state index contributed by atoms with van der Waals surface area (Å²) in [4.78, 5) is 12.0. The van der Waals surface area contributed by atoms with Crippen LogP contribution in [0.3, 0.4) is 0 Å². The van der Waals surface area contributed by atoms with Crippen LogP contribution in [0.25, 0.3) is 0 Å². The van der Waals surface area contributed by atoms with Gasteiger partial charge in [0.1, 0.15) is 4.47 Å². The standard InChI is InChI=1S/C13H17BrN4O/c1-2-7-18-13(19)12(14)11(9-17-18)16-8-10-3-5-15-6-4-10/h2-3,9,15-16H,1,4-8H2. The van der Waals surface area contributed by atoms with Gasteiger partial charge in [-0.3, -0.25) is 4.79 Å². The van der Waals surface area contributed by atoms with Gasteiger partial charge < -0.3 is 10.6 Å². The summed E-state index contributed by atoms with van der Waals surface area (Å²) in [5.74, 6) is 0. The molecule has 6 heteroatoms. The first-order chi connectivity index (χ1) is 9.22. The maximum atomic E-state index is 12.0. The molecule has 5 nitrogen and oxygen atoms in total. The van der Waals surface area contributed by atoms with Crippen molar-refractivity contribution in [2.45, 2.75) is 13.0 Å². The van der Waals surface area contributed by atoms with E-state index in [2.05, 4.69) is 44.3 Å². The highest BCUT2D eigenvalue weighted by molar-refractivity contribution is 9.10. The largest absolute Gasteiger partial charge is 0.379 e. The van der Waals surface area contributed by atoms with E-state index < -0.39 is 0 Å². The first-order valence-electron chi connectivity index (χ1n) is 6.21. The van der Waals surface area contributed by atoms with E-state index in [1.54, 1.807) is 12.3 Å². The van der Waals surface area contributed by atoms with Gasteiger partial charge in [0.25, 0.3) is 5.56 Å². The second-order valence-corrected chi connectivity index (χ2v) is 5.11. The van der Waals surface area contributed by atoms with Crippen molar-refractivity contribution < 1.29 is 0 Å². The van der Waals surface area contributed by atoms with E-state index in [-0.39, 0.29) is 5.56 Å². The zero-order chi connectivity index (χ0) is 13.7. The van der Waals surface area contributed by atoms with Crippen LogP contribution in [0.4, 0.5) is 5.69 Å². The molecule has 102 valence electrons. The van der Waals surface area contributed by atoms with Crippen molar-refractivity contribution in [1.29, 1.82) is 0 Å². The number of nitrogens with one attached hydrogen (secondary N) is 2. The van der Waals surface area contributed by atoms with E-state index in [1.165, 1.54) is 10.3 Å². The average molecular weight is 325 g/mol. The quantitative estimate of drug-likeness (QED) is 0.806. The summed E-state index contributed by atoms with van der Waals surface area (Å²) in [6.07, 6.45) is 6.52. The van der Waals surface area contributed by atoms with E-state index in [4.69, 9.17) is 0 Å². The molecule has 0 radical (unpaired) electrons. The van der Waals surface area contributed by atoms with Gasteiger partial charge in [-0.2, -0.15) is 5.10 Å². The molecule has 0 bridgehead atoms. The number of rotatable bonds is 5. The van der Waals surface area contributed by atoms with Gasteiger partial charge in [-0.1, -0.05) is 17.7 Å². The Kier molecular flexibility index (Phi) is 4.93. The van der Waals surface area contributed by atoms with Crippen LogP contribution in [0.5, 0.6) is 0 Å². The van der Waals surface area contributed by atoms with Gasteiger partial charge in [0.2, 0.25) is 0 Å². The Morgan fingerprint density at radius 2 is 2.47 bits per heavy atom. The topological polar surface area (TPSA) is 59.0 Å². The highest BCUT2D eigenvalue weighted by Crippen LogP contribution is 2.17. The van der Waals surface area contributed by atoms with Gasteiger partial charge >= 0.3 is 0 Å². The molecule has 2 heterocycles. The molecule has 0 aliphatic carbocycles. The first kappa shape index (κ1) is 14.0. The number of halogens is 1. The Morgan fingerprint density at radius 3 is 3.16 bits per heavy atom. The van der Waals surface area contributed by atoms with Gasteiger partial charge in [-0.25, -0.2) is 4.68 Å². The van der Waals surface area contributed by atoms with Crippen LogP contribution < -0.4 is 16.2 Å². The lowest BCUT2D eigenvalue weighted by molar-refractivity contribution is 0.648. The fraction of sp³-hybridized carbons (Fsp3) is 0.385. The smallest absolute Gasteiger partial charge is 0.283 e. The van der Waals surface area contributed by atoms with E-state index in [0.29, 0.717) is 11.0 Å². The number of nitrogens with zero attached hydrogens (tertiary/aromatic N) is 2. The fourth-order valence-electron chi connectivity index (χ4n) is 1.88. The normalized spacial score (nSPS) is 14.9. The fourth-order valence-corrected chi connectivity index (χ4v) is 2.33. The average Bonchev–Trinajstić information content (AvgIpc) is 2.44. The molecule has 2 N–H and O–H groups in total. The van der Waals surface area contributed by atoms with Crippen LogP contribution in [0.2, 0.25) is 0 Å². The molecule has 0 saturated heterocycles. The molecule has 19 heavy (non-hydrogen) atoms. The minimum atomic E-state index is -0.149. The molecule has 0 aromatic carbocycles. The Labute approximate surface area is 120 Å². The summed E-state index contributed by atoms with van der Waals surface area (Å²) in [6, 6.07) is 0. The lowest BCUT2D eigenvalue weighted by atomic mass is 10.1. The van der Waals surface area contributed by atoms with E-state index in [0.717, 1.165) is 31.7 Å². The number of aromatic nitrogens is 2. The number of anilines is 1. The molecule has 1 aliphatic heterocycles. The Hall–Kier alpha value is -1.40. The minimum absolute atomic E-state index is 0.149. The van der Waals surface area contributed by atoms with Crippen molar-refractivity contribution in [2.75, 3.05) is 25.0 Å². The van der Waals surface area contributed by atoms with E-state index in [9.17, 15) is 4.79 Å². The predicted molar refractivity (Wildman–Crippen MR) is 80.5 cm³/mol.